The largest absolute Gasteiger partial charge is 0.444 e. The van der Waals surface area contributed by atoms with Gasteiger partial charge in [-0.2, -0.15) is 52.7 Å². The van der Waals surface area contributed by atoms with Gasteiger partial charge in [-0.15, -0.1) is 0 Å². The lowest BCUT2D eigenvalue weighted by Crippen LogP contribution is -2.53. The van der Waals surface area contributed by atoms with Gasteiger partial charge in [-0.1, -0.05) is 7.43 Å². The highest BCUT2D eigenvalue weighted by Gasteiger charge is 2.59. The fraction of sp³-hybridized carbons (Fsp3) is 0.912. The van der Waals surface area contributed by atoms with Crippen LogP contribution < -0.4 is 21.7 Å². The Morgan fingerprint density at radius 2 is 0.917 bits per heavy atom. The molecule has 0 heterocycles. The van der Waals surface area contributed by atoms with Crippen LogP contribution in [-0.2, 0) is 33.3 Å². The first-order valence-corrected chi connectivity index (χ1v) is 17.6. The van der Waals surface area contributed by atoms with Crippen molar-refractivity contribution in [3.63, 3.8) is 0 Å². The summed E-state index contributed by atoms with van der Waals surface area (Å²) in [7, 11) is 2.46. The van der Waals surface area contributed by atoms with Gasteiger partial charge in [0.1, 0.15) is 16.8 Å². The Morgan fingerprint density at radius 3 is 1.18 bits per heavy atom. The summed E-state index contributed by atoms with van der Waals surface area (Å²) in [6.07, 6.45) is -35.2. The molecule has 3 amide bonds. The van der Waals surface area contributed by atoms with Crippen molar-refractivity contribution in [2.45, 2.75) is 160 Å². The highest BCUT2D eigenvalue weighted by molar-refractivity contribution is 5.85. The highest BCUT2D eigenvalue weighted by Crippen LogP contribution is 2.37. The lowest BCUT2D eigenvalue weighted by atomic mass is 10.0. The summed E-state index contributed by atoms with van der Waals surface area (Å²) < 4.78 is 173. The van der Waals surface area contributed by atoms with Crippen molar-refractivity contribution < 1.29 is 101 Å². The topological polar surface area (TPSA) is 200 Å². The van der Waals surface area contributed by atoms with Gasteiger partial charge in [-0.05, 0) is 80.7 Å². The number of halogens is 12. The summed E-state index contributed by atoms with van der Waals surface area (Å²) in [4.78, 5) is 36.0. The standard InChI is InChI=1S/C19H32F6N2O6.C14H24F6N2O4.CH4/c1-16(2,3)33-15(30)26-9-7-8-11(27-14(29)17(4,5)31-6)12(28)10-32-13(18(20,21)22)19(23,24)25;1-12(2,25-3)11(24)22-8(5-4-6-21)9(23)7-26-10(13(15,16)17)14(18,19)20;/h11-13,28H,7-10H2,1-6H3,(H,26,30)(H,27,29);8-10,23H,4-7,21H2,1-3H3,(H,22,24);1H4/t11-,12?;8-,9?;/m00./s1. The van der Waals surface area contributed by atoms with Gasteiger partial charge in [0.2, 0.25) is 12.2 Å². The van der Waals surface area contributed by atoms with Gasteiger partial charge < -0.3 is 55.6 Å². The van der Waals surface area contributed by atoms with Crippen molar-refractivity contribution in [3.8, 4) is 0 Å². The molecule has 0 spiro atoms. The number of nitrogens with one attached hydrogen (secondary N) is 3. The van der Waals surface area contributed by atoms with Crippen molar-refractivity contribution in [2.75, 3.05) is 40.5 Å². The molecule has 4 atom stereocenters. The Balaban J connectivity index is -0.00000109. The summed E-state index contributed by atoms with van der Waals surface area (Å²) in [6, 6.07) is -2.46. The molecule has 0 radical (unpaired) electrons. The maximum atomic E-state index is 12.7. The summed E-state index contributed by atoms with van der Waals surface area (Å²) in [6.45, 7) is 7.95. The number of methoxy groups -OCH3 is 2. The molecule has 0 aliphatic carbocycles. The van der Waals surface area contributed by atoms with Crippen LogP contribution >= 0.6 is 0 Å². The zero-order chi connectivity index (χ0) is 47.0. The van der Waals surface area contributed by atoms with E-state index in [-0.39, 0.29) is 46.2 Å². The summed E-state index contributed by atoms with van der Waals surface area (Å²) in [5.74, 6) is -1.47. The van der Waals surface area contributed by atoms with Crippen molar-refractivity contribution in [2.24, 2.45) is 5.73 Å². The average molecular weight is 913 g/mol. The van der Waals surface area contributed by atoms with Gasteiger partial charge >= 0.3 is 30.8 Å². The molecule has 0 aromatic carbocycles. The number of aliphatic hydroxyl groups is 2. The van der Waals surface area contributed by atoms with Crippen LogP contribution in [0.3, 0.4) is 0 Å². The monoisotopic (exact) mass is 912 g/mol. The molecular formula is C34H60F12N4O10. The van der Waals surface area contributed by atoms with E-state index in [0.29, 0.717) is 0 Å². The van der Waals surface area contributed by atoms with Gasteiger partial charge in [0.05, 0.1) is 37.5 Å². The van der Waals surface area contributed by atoms with Crippen LogP contribution in [0.5, 0.6) is 0 Å². The molecule has 0 saturated carbocycles. The molecule has 0 aliphatic rings. The lowest BCUT2D eigenvalue weighted by Gasteiger charge is -2.30. The van der Waals surface area contributed by atoms with Gasteiger partial charge in [-0.3, -0.25) is 9.59 Å². The zero-order valence-electron chi connectivity index (χ0n) is 33.9. The molecule has 0 bridgehead atoms. The zero-order valence-corrected chi connectivity index (χ0v) is 33.9. The van der Waals surface area contributed by atoms with E-state index in [1.54, 1.807) is 20.8 Å². The van der Waals surface area contributed by atoms with Crippen molar-refractivity contribution in [1.82, 2.24) is 16.0 Å². The Labute approximate surface area is 340 Å². The van der Waals surface area contributed by atoms with Crippen molar-refractivity contribution in [3.05, 3.63) is 0 Å². The molecule has 0 aromatic heterocycles. The summed E-state index contributed by atoms with van der Waals surface area (Å²) in [5, 5.41) is 27.2. The maximum absolute atomic E-state index is 12.7. The Hall–Kier alpha value is -2.91. The average Bonchev–Trinajstić information content (AvgIpc) is 3.04. The first-order chi connectivity index (χ1) is 26.4. The fourth-order valence-corrected chi connectivity index (χ4v) is 4.13. The third-order valence-corrected chi connectivity index (χ3v) is 7.81. The van der Waals surface area contributed by atoms with Gasteiger partial charge in [0.25, 0.3) is 11.8 Å². The number of carbonyl (C=O) groups excluding carboxylic acids is 3. The molecule has 7 N–H and O–H groups in total. The molecule has 0 saturated heterocycles. The van der Waals surface area contributed by atoms with Crippen molar-refractivity contribution in [1.29, 1.82) is 0 Å². The number of hydrogen-bond acceptors (Lipinski definition) is 11. The predicted octanol–water partition coefficient (Wildman–Crippen LogP) is 5.21. The van der Waals surface area contributed by atoms with E-state index in [4.69, 9.17) is 19.9 Å². The van der Waals surface area contributed by atoms with E-state index in [1.807, 2.05) is 0 Å². The number of nitrogens with two attached hydrogens (primary N) is 1. The molecule has 0 aliphatic heterocycles. The van der Waals surface area contributed by atoms with Gasteiger partial charge in [-0.25, -0.2) is 4.79 Å². The number of carbonyl (C=O) groups is 3. The number of ether oxygens (including phenoxy) is 5. The second kappa shape index (κ2) is 25.3. The van der Waals surface area contributed by atoms with Crippen LogP contribution in [0.2, 0.25) is 0 Å². The molecule has 0 aromatic rings. The molecule has 26 heteroatoms. The van der Waals surface area contributed by atoms with Gasteiger partial charge in [0.15, 0.2) is 0 Å². The third-order valence-electron chi connectivity index (χ3n) is 7.81. The fourth-order valence-electron chi connectivity index (χ4n) is 4.13. The summed E-state index contributed by atoms with van der Waals surface area (Å²) in [5.41, 5.74) is 1.84. The normalized spacial score (nSPS) is 15.2. The van der Waals surface area contributed by atoms with E-state index in [2.05, 4.69) is 25.4 Å². The molecule has 360 valence electrons. The van der Waals surface area contributed by atoms with E-state index in [0.717, 1.165) is 0 Å². The number of alkyl halides is 12. The number of aliphatic hydroxyl groups excluding tert-OH is 2. The minimum Gasteiger partial charge on any atom is -0.444 e. The minimum absolute atomic E-state index is 0. The van der Waals surface area contributed by atoms with Crippen LogP contribution in [0.4, 0.5) is 57.5 Å². The molecule has 0 rings (SSSR count). The van der Waals surface area contributed by atoms with Gasteiger partial charge in [0, 0.05) is 20.8 Å². The molecular weight excluding hydrogens is 852 g/mol. The molecule has 2 unspecified atom stereocenters. The van der Waals surface area contributed by atoms with E-state index in [1.165, 1.54) is 41.9 Å². The van der Waals surface area contributed by atoms with E-state index in [9.17, 15) is 77.3 Å². The highest BCUT2D eigenvalue weighted by atomic mass is 19.4. The number of rotatable bonds is 21. The van der Waals surface area contributed by atoms with Crippen LogP contribution in [0.15, 0.2) is 0 Å². The number of alkyl carbamates (subject to hydrolysis) is 1. The van der Waals surface area contributed by atoms with E-state index >= 15 is 0 Å². The van der Waals surface area contributed by atoms with Crippen LogP contribution in [-0.4, -0.2) is 147 Å². The SMILES string of the molecule is C.COC(C)(C)C(=O)N[C@@H](CCCN)C(O)COC(C(F)(F)F)C(F)(F)F.COC(C)(C)C(=O)N[C@@H](CCCNC(=O)OC(C)(C)C)C(O)COC(C(F)(F)F)C(F)(F)F. The van der Waals surface area contributed by atoms with Crippen LogP contribution in [0, 0.1) is 0 Å². The Bertz CT molecular complexity index is 1230. The Morgan fingerprint density at radius 1 is 0.600 bits per heavy atom. The molecule has 60 heavy (non-hydrogen) atoms. The Kier molecular flexibility index (Phi) is 25.8. The van der Waals surface area contributed by atoms with Crippen LogP contribution in [0.1, 0.15) is 81.6 Å². The van der Waals surface area contributed by atoms with Crippen molar-refractivity contribution >= 4 is 17.9 Å². The maximum Gasteiger partial charge on any atom is 0.423 e. The third kappa shape index (κ3) is 24.5. The predicted molar refractivity (Wildman–Crippen MR) is 190 cm³/mol. The molecule has 14 nitrogen and oxygen atoms in total. The van der Waals surface area contributed by atoms with Crippen LogP contribution in [0.25, 0.3) is 0 Å². The second-order valence-corrected chi connectivity index (χ2v) is 14.8. The van der Waals surface area contributed by atoms with E-state index < -0.39 is 109 Å². The lowest BCUT2D eigenvalue weighted by molar-refractivity contribution is -0.325. The smallest absolute Gasteiger partial charge is 0.423 e. The molecule has 0 fully saturated rings. The quantitative estimate of drug-likeness (QED) is 0.0653. The summed E-state index contributed by atoms with van der Waals surface area (Å²) >= 11 is 0. The number of hydrogen-bond donors (Lipinski definition) is 6. The first-order valence-electron chi connectivity index (χ1n) is 17.6. The second-order valence-electron chi connectivity index (χ2n) is 14.8. The minimum atomic E-state index is -5.74. The first kappa shape index (κ1) is 61.4. The number of amides is 3.